The summed E-state index contributed by atoms with van der Waals surface area (Å²) in [6.45, 7) is 3.16. The van der Waals surface area contributed by atoms with Crippen LogP contribution in [-0.2, 0) is 16.0 Å². The highest BCUT2D eigenvalue weighted by Crippen LogP contribution is 2.32. The second-order valence-electron chi connectivity index (χ2n) is 5.72. The fourth-order valence-corrected chi connectivity index (χ4v) is 3.08. The topological polar surface area (TPSA) is 54.3 Å². The molecule has 4 heteroatoms. The highest BCUT2D eigenvalue weighted by atomic mass is 16.6. The van der Waals surface area contributed by atoms with Crippen molar-refractivity contribution in [2.45, 2.75) is 37.5 Å². The van der Waals surface area contributed by atoms with E-state index < -0.39 is 0 Å². The molecule has 2 fully saturated rings. The molecule has 1 aromatic rings. The number of rotatable bonds is 3. The van der Waals surface area contributed by atoms with Crippen LogP contribution in [0, 0.1) is 11.3 Å². The van der Waals surface area contributed by atoms with Crippen LogP contribution in [0.4, 0.5) is 0 Å². The minimum Gasteiger partial charge on any atom is -0.378 e. The summed E-state index contributed by atoms with van der Waals surface area (Å²) >= 11 is 0. The van der Waals surface area contributed by atoms with E-state index in [1.165, 1.54) is 0 Å². The van der Waals surface area contributed by atoms with E-state index in [1.54, 1.807) is 0 Å². The number of nitrogens with one attached hydrogen (secondary N) is 1. The van der Waals surface area contributed by atoms with Gasteiger partial charge in [-0.1, -0.05) is 12.1 Å². The molecular formula is C16H20N2O2. The van der Waals surface area contributed by atoms with Gasteiger partial charge in [-0.25, -0.2) is 0 Å². The van der Waals surface area contributed by atoms with Gasteiger partial charge in [0, 0.05) is 32.2 Å². The van der Waals surface area contributed by atoms with Crippen LogP contribution >= 0.6 is 0 Å². The summed E-state index contributed by atoms with van der Waals surface area (Å²) in [5, 5.41) is 12.5. The van der Waals surface area contributed by atoms with Gasteiger partial charge < -0.3 is 14.8 Å². The van der Waals surface area contributed by atoms with E-state index in [2.05, 4.69) is 17.5 Å². The van der Waals surface area contributed by atoms with Crippen LogP contribution < -0.4 is 5.32 Å². The average Bonchev–Trinajstić information content (AvgIpc) is 2.93. The van der Waals surface area contributed by atoms with Gasteiger partial charge in [0.1, 0.15) is 0 Å². The molecule has 2 atom stereocenters. The van der Waals surface area contributed by atoms with Crippen molar-refractivity contribution < 1.29 is 9.47 Å². The third kappa shape index (κ3) is 3.01. The smallest absolute Gasteiger partial charge is 0.0991 e. The van der Waals surface area contributed by atoms with E-state index in [9.17, 15) is 0 Å². The van der Waals surface area contributed by atoms with Gasteiger partial charge in [-0.3, -0.25) is 0 Å². The lowest BCUT2D eigenvalue weighted by molar-refractivity contribution is -0.0894. The van der Waals surface area contributed by atoms with Crippen molar-refractivity contribution in [2.75, 3.05) is 19.8 Å². The lowest BCUT2D eigenvalue weighted by atomic mass is 9.89. The summed E-state index contributed by atoms with van der Waals surface area (Å²) in [4.78, 5) is 0. The Labute approximate surface area is 119 Å². The first kappa shape index (κ1) is 13.6. The first-order chi connectivity index (χ1) is 9.80. The first-order valence-corrected chi connectivity index (χ1v) is 7.24. The fourth-order valence-electron chi connectivity index (χ4n) is 3.08. The molecular weight excluding hydrogens is 252 g/mol. The summed E-state index contributed by atoms with van der Waals surface area (Å²) in [5.74, 6) is 0. The molecule has 4 nitrogen and oxygen atoms in total. The van der Waals surface area contributed by atoms with Crippen LogP contribution in [0.2, 0.25) is 0 Å². The molecule has 0 saturated carbocycles. The molecule has 2 heterocycles. The zero-order valence-corrected chi connectivity index (χ0v) is 11.6. The molecule has 1 aromatic carbocycles. The molecule has 2 unspecified atom stereocenters. The standard InChI is InChI=1S/C16H20N2O2/c17-10-13-2-1-3-14(8-13)11-18-15-4-6-20-16(9-15)5-7-19-12-16/h1-3,8,15,18H,4-7,9,11-12H2. The number of hydrogen-bond acceptors (Lipinski definition) is 4. The molecule has 0 amide bonds. The molecule has 0 radical (unpaired) electrons. The number of nitrogens with zero attached hydrogens (tertiary/aromatic N) is 1. The van der Waals surface area contributed by atoms with Crippen molar-refractivity contribution in [3.63, 3.8) is 0 Å². The summed E-state index contributed by atoms with van der Waals surface area (Å²) in [6.07, 6.45) is 3.07. The van der Waals surface area contributed by atoms with Crippen LogP contribution in [0.3, 0.4) is 0 Å². The van der Waals surface area contributed by atoms with E-state index in [-0.39, 0.29) is 5.60 Å². The lowest BCUT2D eigenvalue weighted by Crippen LogP contribution is -2.47. The minimum absolute atomic E-state index is 0.0512. The Balaban J connectivity index is 1.56. The van der Waals surface area contributed by atoms with E-state index in [1.807, 2.05) is 18.2 Å². The highest BCUT2D eigenvalue weighted by Gasteiger charge is 2.40. The van der Waals surface area contributed by atoms with Crippen LogP contribution in [0.1, 0.15) is 30.4 Å². The van der Waals surface area contributed by atoms with Crippen molar-refractivity contribution in [3.05, 3.63) is 35.4 Å². The third-order valence-electron chi connectivity index (χ3n) is 4.21. The third-order valence-corrected chi connectivity index (χ3v) is 4.21. The molecule has 2 saturated heterocycles. The Bertz CT molecular complexity index is 503. The number of benzene rings is 1. The Hall–Kier alpha value is -1.41. The fraction of sp³-hybridized carbons (Fsp3) is 0.562. The van der Waals surface area contributed by atoms with Gasteiger partial charge in [-0.15, -0.1) is 0 Å². The molecule has 2 aliphatic rings. The normalized spacial score (nSPS) is 29.4. The number of nitriles is 1. The maximum absolute atomic E-state index is 8.92. The van der Waals surface area contributed by atoms with E-state index >= 15 is 0 Å². The Morgan fingerprint density at radius 3 is 3.15 bits per heavy atom. The van der Waals surface area contributed by atoms with Gasteiger partial charge in [-0.2, -0.15) is 5.26 Å². The number of hydrogen-bond donors (Lipinski definition) is 1. The van der Waals surface area contributed by atoms with Gasteiger partial charge in [0.15, 0.2) is 0 Å². The summed E-state index contributed by atoms with van der Waals surface area (Å²) in [7, 11) is 0. The van der Waals surface area contributed by atoms with Crippen LogP contribution in [0.5, 0.6) is 0 Å². The SMILES string of the molecule is N#Cc1cccc(CNC2CCOC3(CCOC3)C2)c1. The van der Waals surface area contributed by atoms with E-state index in [0.29, 0.717) is 6.04 Å². The summed E-state index contributed by atoms with van der Waals surface area (Å²) in [6, 6.07) is 10.4. The molecule has 20 heavy (non-hydrogen) atoms. The second-order valence-corrected chi connectivity index (χ2v) is 5.72. The average molecular weight is 272 g/mol. The summed E-state index contributed by atoms with van der Waals surface area (Å²) in [5.41, 5.74) is 1.83. The Kier molecular flexibility index (Phi) is 4.02. The maximum Gasteiger partial charge on any atom is 0.0991 e. The van der Waals surface area contributed by atoms with Crippen molar-refractivity contribution in [1.29, 1.82) is 5.26 Å². The van der Waals surface area contributed by atoms with Crippen molar-refractivity contribution in [2.24, 2.45) is 0 Å². The molecule has 3 rings (SSSR count). The molecule has 1 spiro atoms. The predicted molar refractivity (Wildman–Crippen MR) is 75.1 cm³/mol. The van der Waals surface area contributed by atoms with Crippen molar-refractivity contribution in [1.82, 2.24) is 5.32 Å². The van der Waals surface area contributed by atoms with Gasteiger partial charge in [0.05, 0.1) is 23.8 Å². The van der Waals surface area contributed by atoms with Gasteiger partial charge in [0.25, 0.3) is 0 Å². The van der Waals surface area contributed by atoms with Crippen LogP contribution in [0.15, 0.2) is 24.3 Å². The largest absolute Gasteiger partial charge is 0.378 e. The van der Waals surface area contributed by atoms with Crippen LogP contribution in [0.25, 0.3) is 0 Å². The number of ether oxygens (including phenoxy) is 2. The van der Waals surface area contributed by atoms with Gasteiger partial charge >= 0.3 is 0 Å². The van der Waals surface area contributed by atoms with E-state index in [0.717, 1.165) is 56.8 Å². The van der Waals surface area contributed by atoms with Gasteiger partial charge in [-0.05, 0) is 30.5 Å². The summed E-state index contributed by atoms with van der Waals surface area (Å²) < 4.78 is 11.4. The zero-order valence-electron chi connectivity index (χ0n) is 11.6. The molecule has 1 N–H and O–H groups in total. The predicted octanol–water partition coefficient (Wildman–Crippen LogP) is 1.99. The minimum atomic E-state index is -0.0512. The quantitative estimate of drug-likeness (QED) is 0.914. The monoisotopic (exact) mass is 272 g/mol. The molecule has 106 valence electrons. The lowest BCUT2D eigenvalue weighted by Gasteiger charge is -2.37. The zero-order chi connectivity index (χ0) is 13.8. The highest BCUT2D eigenvalue weighted by molar-refractivity contribution is 5.32. The van der Waals surface area contributed by atoms with Crippen molar-refractivity contribution >= 4 is 0 Å². The Morgan fingerprint density at radius 1 is 1.40 bits per heavy atom. The molecule has 0 bridgehead atoms. The van der Waals surface area contributed by atoms with E-state index in [4.69, 9.17) is 14.7 Å². The molecule has 2 aliphatic heterocycles. The second kappa shape index (κ2) is 5.92. The van der Waals surface area contributed by atoms with Crippen LogP contribution in [-0.4, -0.2) is 31.5 Å². The van der Waals surface area contributed by atoms with Gasteiger partial charge in [0.2, 0.25) is 0 Å². The molecule has 0 aliphatic carbocycles. The Morgan fingerprint density at radius 2 is 2.35 bits per heavy atom. The van der Waals surface area contributed by atoms with Crippen molar-refractivity contribution in [3.8, 4) is 6.07 Å². The maximum atomic E-state index is 8.92. The first-order valence-electron chi connectivity index (χ1n) is 7.24. The molecule has 0 aromatic heterocycles.